The molecule has 1 atom stereocenters. The first kappa shape index (κ1) is 22.5. The van der Waals surface area contributed by atoms with Gasteiger partial charge in [-0.3, -0.25) is 4.79 Å². The molecule has 0 unspecified atom stereocenters. The van der Waals surface area contributed by atoms with Crippen LogP contribution in [0.1, 0.15) is 58.9 Å². The average molecular weight is 449 g/mol. The summed E-state index contributed by atoms with van der Waals surface area (Å²) in [5.41, 5.74) is 2.05. The smallest absolute Gasteiger partial charge is 0.406 e. The first-order valence-electron chi connectivity index (χ1n) is 10.8. The quantitative estimate of drug-likeness (QED) is 0.602. The van der Waals surface area contributed by atoms with E-state index in [9.17, 15) is 18.0 Å². The number of carbonyl (C=O) groups excluding carboxylic acids is 1. The number of carbonyl (C=O) groups is 1. The van der Waals surface area contributed by atoms with Crippen LogP contribution in [0.25, 0.3) is 0 Å². The van der Waals surface area contributed by atoms with E-state index in [0.29, 0.717) is 43.3 Å². The number of aryl methyl sites for hydroxylation is 2. The standard InChI is InChI=1S/C23H26F3N3O3/c1-31-14-19-3-2-8-29(19)22(30)18-12-27-21(28-13-18)7-4-15-9-17(16-5-6-16)11-20(10-15)32-23(24,25)26/h9-13,16,19H,2-8,14H2,1H3/t19-/m1/s1. The molecule has 0 radical (unpaired) electrons. The third-order valence-electron chi connectivity index (χ3n) is 5.86. The Labute approximate surface area is 184 Å². The minimum atomic E-state index is -4.72. The number of hydrogen-bond acceptors (Lipinski definition) is 5. The molecule has 0 spiro atoms. The normalized spacial score (nSPS) is 18.8. The molecule has 0 bridgehead atoms. The van der Waals surface area contributed by atoms with Crippen molar-refractivity contribution in [3.8, 4) is 5.75 Å². The molecule has 1 saturated carbocycles. The summed E-state index contributed by atoms with van der Waals surface area (Å²) in [6.45, 7) is 1.19. The highest BCUT2D eigenvalue weighted by molar-refractivity contribution is 5.94. The number of ether oxygens (including phenoxy) is 2. The number of benzene rings is 1. The van der Waals surface area contributed by atoms with E-state index in [4.69, 9.17) is 4.74 Å². The molecule has 2 aliphatic rings. The van der Waals surface area contributed by atoms with Crippen molar-refractivity contribution in [2.24, 2.45) is 0 Å². The number of hydrogen-bond donors (Lipinski definition) is 0. The van der Waals surface area contributed by atoms with Crippen molar-refractivity contribution in [2.45, 2.75) is 56.8 Å². The molecule has 1 aliphatic carbocycles. The molecular formula is C23H26F3N3O3. The lowest BCUT2D eigenvalue weighted by atomic mass is 10.0. The van der Waals surface area contributed by atoms with Gasteiger partial charge in [-0.2, -0.15) is 0 Å². The van der Waals surface area contributed by atoms with Gasteiger partial charge in [0.05, 0.1) is 18.2 Å². The number of nitrogens with zero attached hydrogens (tertiary/aromatic N) is 3. The summed E-state index contributed by atoms with van der Waals surface area (Å²) in [6, 6.07) is 4.89. The fourth-order valence-corrected chi connectivity index (χ4v) is 4.16. The maximum absolute atomic E-state index is 12.8. The van der Waals surface area contributed by atoms with E-state index >= 15 is 0 Å². The van der Waals surface area contributed by atoms with Crippen LogP contribution in [-0.4, -0.2) is 53.4 Å². The molecule has 172 valence electrons. The topological polar surface area (TPSA) is 64.5 Å². The molecule has 2 fully saturated rings. The van der Waals surface area contributed by atoms with Gasteiger partial charge in [0.15, 0.2) is 0 Å². The van der Waals surface area contributed by atoms with E-state index in [0.717, 1.165) is 36.8 Å². The molecule has 4 rings (SSSR count). The highest BCUT2D eigenvalue weighted by Gasteiger charge is 2.32. The Morgan fingerprint density at radius 1 is 1.12 bits per heavy atom. The van der Waals surface area contributed by atoms with Gasteiger partial charge in [-0.1, -0.05) is 6.07 Å². The van der Waals surface area contributed by atoms with E-state index in [-0.39, 0.29) is 17.7 Å². The van der Waals surface area contributed by atoms with Crippen LogP contribution in [0.4, 0.5) is 13.2 Å². The molecular weight excluding hydrogens is 423 g/mol. The van der Waals surface area contributed by atoms with Crippen molar-refractivity contribution in [1.29, 1.82) is 0 Å². The SMILES string of the molecule is COC[C@H]1CCCN1C(=O)c1cnc(CCc2cc(OC(F)(F)F)cc(C3CC3)c2)nc1. The van der Waals surface area contributed by atoms with Crippen LogP contribution >= 0.6 is 0 Å². The zero-order chi connectivity index (χ0) is 22.7. The molecule has 1 aliphatic heterocycles. The first-order chi connectivity index (χ1) is 15.3. The molecule has 9 heteroatoms. The monoisotopic (exact) mass is 449 g/mol. The second kappa shape index (κ2) is 9.44. The third kappa shape index (κ3) is 5.76. The molecule has 0 N–H and O–H groups in total. The Morgan fingerprint density at radius 3 is 2.53 bits per heavy atom. The second-order valence-corrected chi connectivity index (χ2v) is 8.37. The predicted octanol–water partition coefficient (Wildman–Crippen LogP) is 4.29. The molecule has 32 heavy (non-hydrogen) atoms. The van der Waals surface area contributed by atoms with E-state index < -0.39 is 6.36 Å². The Balaban J connectivity index is 1.40. The molecule has 1 saturated heterocycles. The predicted molar refractivity (Wildman–Crippen MR) is 110 cm³/mol. The molecule has 1 amide bonds. The number of likely N-dealkylation sites (tertiary alicyclic amines) is 1. The van der Waals surface area contributed by atoms with Crippen molar-refractivity contribution in [1.82, 2.24) is 14.9 Å². The number of amides is 1. The van der Waals surface area contributed by atoms with Crippen LogP contribution in [0.3, 0.4) is 0 Å². The third-order valence-corrected chi connectivity index (χ3v) is 5.86. The summed E-state index contributed by atoms with van der Waals surface area (Å²) in [4.78, 5) is 23.2. The van der Waals surface area contributed by atoms with Gasteiger partial charge >= 0.3 is 6.36 Å². The molecule has 2 heterocycles. The number of aromatic nitrogens is 2. The zero-order valence-corrected chi connectivity index (χ0v) is 17.9. The van der Waals surface area contributed by atoms with Gasteiger partial charge in [0, 0.05) is 32.5 Å². The van der Waals surface area contributed by atoms with Crippen molar-refractivity contribution in [2.75, 3.05) is 20.3 Å². The minimum absolute atomic E-state index is 0.0685. The largest absolute Gasteiger partial charge is 0.573 e. The number of alkyl halides is 3. The Morgan fingerprint density at radius 2 is 1.88 bits per heavy atom. The molecule has 1 aromatic carbocycles. The fraction of sp³-hybridized carbons (Fsp3) is 0.522. The second-order valence-electron chi connectivity index (χ2n) is 8.37. The number of rotatable bonds is 8. The Bertz CT molecular complexity index is 946. The van der Waals surface area contributed by atoms with Gasteiger partial charge < -0.3 is 14.4 Å². The Hall–Kier alpha value is -2.68. The maximum Gasteiger partial charge on any atom is 0.573 e. The molecule has 2 aromatic rings. The van der Waals surface area contributed by atoms with Gasteiger partial charge in [0.1, 0.15) is 11.6 Å². The van der Waals surface area contributed by atoms with Crippen molar-refractivity contribution in [3.05, 3.63) is 53.1 Å². The summed E-state index contributed by atoms with van der Waals surface area (Å²) in [6.07, 6.45) is 3.07. The van der Waals surface area contributed by atoms with Gasteiger partial charge in [0.2, 0.25) is 0 Å². The summed E-state index contributed by atoms with van der Waals surface area (Å²) >= 11 is 0. The maximum atomic E-state index is 12.8. The summed E-state index contributed by atoms with van der Waals surface area (Å²) in [5, 5.41) is 0. The molecule has 6 nitrogen and oxygen atoms in total. The number of methoxy groups -OCH3 is 1. The summed E-state index contributed by atoms with van der Waals surface area (Å²) in [5.74, 6) is 0.545. The van der Waals surface area contributed by atoms with Gasteiger partial charge in [-0.05, 0) is 61.3 Å². The van der Waals surface area contributed by atoms with Crippen LogP contribution in [-0.2, 0) is 17.6 Å². The lowest BCUT2D eigenvalue weighted by molar-refractivity contribution is -0.274. The highest BCUT2D eigenvalue weighted by atomic mass is 19.4. The zero-order valence-electron chi connectivity index (χ0n) is 17.9. The van der Waals surface area contributed by atoms with Crippen molar-refractivity contribution in [3.63, 3.8) is 0 Å². The van der Waals surface area contributed by atoms with Gasteiger partial charge in [0.25, 0.3) is 5.91 Å². The van der Waals surface area contributed by atoms with E-state index in [2.05, 4.69) is 14.7 Å². The first-order valence-corrected chi connectivity index (χ1v) is 10.8. The highest BCUT2D eigenvalue weighted by Crippen LogP contribution is 2.42. The van der Waals surface area contributed by atoms with Crippen molar-refractivity contribution < 1.29 is 27.4 Å². The minimum Gasteiger partial charge on any atom is -0.406 e. The van der Waals surface area contributed by atoms with Gasteiger partial charge in [-0.25, -0.2) is 9.97 Å². The summed E-state index contributed by atoms with van der Waals surface area (Å²) in [7, 11) is 1.62. The average Bonchev–Trinajstić information content (AvgIpc) is 3.50. The Kier molecular flexibility index (Phi) is 6.64. The van der Waals surface area contributed by atoms with Gasteiger partial charge in [-0.15, -0.1) is 13.2 Å². The van der Waals surface area contributed by atoms with Crippen molar-refractivity contribution >= 4 is 5.91 Å². The summed E-state index contributed by atoms with van der Waals surface area (Å²) < 4.78 is 47.4. The number of halogens is 3. The van der Waals surface area contributed by atoms with Crippen LogP contribution in [0, 0.1) is 0 Å². The van der Waals surface area contributed by atoms with E-state index in [1.54, 1.807) is 12.0 Å². The van der Waals surface area contributed by atoms with Crippen LogP contribution in [0.5, 0.6) is 5.75 Å². The lowest BCUT2D eigenvalue weighted by Crippen LogP contribution is -2.38. The fourth-order valence-electron chi connectivity index (χ4n) is 4.16. The van der Waals surface area contributed by atoms with E-state index in [1.165, 1.54) is 24.5 Å². The van der Waals surface area contributed by atoms with Crippen LogP contribution in [0.15, 0.2) is 30.6 Å². The van der Waals surface area contributed by atoms with Crippen LogP contribution < -0.4 is 4.74 Å². The van der Waals surface area contributed by atoms with E-state index in [1.807, 2.05) is 6.07 Å². The lowest BCUT2D eigenvalue weighted by Gasteiger charge is -2.23. The van der Waals surface area contributed by atoms with Crippen LogP contribution in [0.2, 0.25) is 0 Å². The molecule has 1 aromatic heterocycles.